The van der Waals surface area contributed by atoms with Crippen LogP contribution in [-0.4, -0.2) is 0 Å². The molecule has 0 fully saturated rings. The highest BCUT2D eigenvalue weighted by atomic mass is 16.8. The normalized spacial score (nSPS) is 20.9. The van der Waals surface area contributed by atoms with Crippen molar-refractivity contribution < 1.29 is 14.2 Å². The van der Waals surface area contributed by atoms with Crippen molar-refractivity contribution in [1.82, 2.24) is 0 Å². The molecular weight excluding hydrogens is 124 g/mol. The Morgan fingerprint density at radius 2 is 1.33 bits per heavy atom. The maximum atomic E-state index is 5.10. The SMILES string of the molecule is NC1=C(OC2=C(N)O2)O1. The number of hydrogen-bond donors (Lipinski definition) is 2. The second-order valence-electron chi connectivity index (χ2n) is 1.61. The molecule has 0 aromatic heterocycles. The van der Waals surface area contributed by atoms with Crippen molar-refractivity contribution in [3.63, 3.8) is 0 Å². The predicted octanol–water partition coefficient (Wildman–Crippen LogP) is -0.766. The molecule has 0 aromatic rings. The van der Waals surface area contributed by atoms with E-state index in [4.69, 9.17) is 16.2 Å². The molecule has 0 aromatic carbocycles. The van der Waals surface area contributed by atoms with E-state index in [1.54, 1.807) is 0 Å². The first kappa shape index (κ1) is 4.37. The van der Waals surface area contributed by atoms with Gasteiger partial charge in [-0.15, -0.1) is 0 Å². The standard InChI is InChI=1S/C4H4N2O3/c5-1-3(7-1)9-4-2(6)8-4/h5-6H2. The second kappa shape index (κ2) is 1.07. The molecule has 48 valence electrons. The number of ether oxygens (including phenoxy) is 3. The second-order valence-corrected chi connectivity index (χ2v) is 1.61. The van der Waals surface area contributed by atoms with Gasteiger partial charge in [-0.25, -0.2) is 0 Å². The zero-order valence-electron chi connectivity index (χ0n) is 4.38. The van der Waals surface area contributed by atoms with Crippen LogP contribution in [0.25, 0.3) is 0 Å². The average Bonchev–Trinajstić information content (AvgIpc) is 2.59. The summed E-state index contributed by atoms with van der Waals surface area (Å²) in [6.45, 7) is 0. The Labute approximate surface area is 50.5 Å². The Bertz CT molecular complexity index is 206. The summed E-state index contributed by atoms with van der Waals surface area (Å²) in [6, 6.07) is 0. The number of rotatable bonds is 2. The van der Waals surface area contributed by atoms with Gasteiger partial charge in [0.05, 0.1) is 0 Å². The molecule has 2 heterocycles. The van der Waals surface area contributed by atoms with E-state index in [1.165, 1.54) is 0 Å². The van der Waals surface area contributed by atoms with Crippen LogP contribution in [0.4, 0.5) is 0 Å². The van der Waals surface area contributed by atoms with Gasteiger partial charge in [0.15, 0.2) is 0 Å². The van der Waals surface area contributed by atoms with Crippen LogP contribution in [0.15, 0.2) is 23.7 Å². The van der Waals surface area contributed by atoms with E-state index in [-0.39, 0.29) is 23.7 Å². The monoisotopic (exact) mass is 128 g/mol. The fourth-order valence-corrected chi connectivity index (χ4v) is 0.375. The summed E-state index contributed by atoms with van der Waals surface area (Å²) in [7, 11) is 0. The van der Waals surface area contributed by atoms with Gasteiger partial charge in [0.2, 0.25) is 0 Å². The van der Waals surface area contributed by atoms with Gasteiger partial charge in [-0.05, 0) is 0 Å². The Morgan fingerprint density at radius 1 is 1.00 bits per heavy atom. The first-order valence-electron chi connectivity index (χ1n) is 2.30. The molecule has 2 aliphatic heterocycles. The third kappa shape index (κ3) is 0.620. The van der Waals surface area contributed by atoms with Crippen LogP contribution >= 0.6 is 0 Å². The molecule has 0 radical (unpaired) electrons. The highest BCUT2D eigenvalue weighted by Crippen LogP contribution is 2.31. The van der Waals surface area contributed by atoms with Crippen LogP contribution in [0.2, 0.25) is 0 Å². The van der Waals surface area contributed by atoms with Gasteiger partial charge in [-0.2, -0.15) is 0 Å². The Morgan fingerprint density at radius 3 is 1.56 bits per heavy atom. The number of nitrogens with two attached hydrogens (primary N) is 2. The van der Waals surface area contributed by atoms with Crippen molar-refractivity contribution in [2.45, 2.75) is 0 Å². The van der Waals surface area contributed by atoms with Gasteiger partial charge in [0.1, 0.15) is 0 Å². The van der Waals surface area contributed by atoms with Gasteiger partial charge in [-0.1, -0.05) is 0 Å². The van der Waals surface area contributed by atoms with E-state index < -0.39 is 0 Å². The fourth-order valence-electron chi connectivity index (χ4n) is 0.375. The minimum atomic E-state index is 0.283. The van der Waals surface area contributed by atoms with E-state index >= 15 is 0 Å². The molecule has 0 unspecified atom stereocenters. The largest absolute Gasteiger partial charge is 0.398 e. The molecule has 9 heavy (non-hydrogen) atoms. The molecule has 0 saturated carbocycles. The lowest BCUT2D eigenvalue weighted by Crippen LogP contribution is -1.79. The van der Waals surface area contributed by atoms with Gasteiger partial charge in [0.25, 0.3) is 11.8 Å². The van der Waals surface area contributed by atoms with Crippen LogP contribution < -0.4 is 11.5 Å². The summed E-state index contributed by atoms with van der Waals surface area (Å²) in [5.41, 5.74) is 10.2. The van der Waals surface area contributed by atoms with Crippen molar-refractivity contribution in [3.05, 3.63) is 23.7 Å². The van der Waals surface area contributed by atoms with E-state index in [9.17, 15) is 0 Å². The molecule has 4 N–H and O–H groups in total. The lowest BCUT2D eigenvalue weighted by atomic mass is 10.9. The molecule has 5 heteroatoms. The first-order chi connectivity index (χ1) is 4.27. The Hall–Kier alpha value is -1.52. The molecule has 0 amide bonds. The minimum Gasteiger partial charge on any atom is -0.398 e. The molecule has 0 spiro atoms. The van der Waals surface area contributed by atoms with Gasteiger partial charge >= 0.3 is 11.9 Å². The first-order valence-corrected chi connectivity index (χ1v) is 2.30. The van der Waals surface area contributed by atoms with Crippen LogP contribution in [-0.2, 0) is 14.2 Å². The van der Waals surface area contributed by atoms with Crippen molar-refractivity contribution in [2.75, 3.05) is 0 Å². The summed E-state index contributed by atoms with van der Waals surface area (Å²) >= 11 is 0. The molecular formula is C4H4N2O3. The van der Waals surface area contributed by atoms with Crippen LogP contribution in [0.5, 0.6) is 0 Å². The zero-order valence-corrected chi connectivity index (χ0v) is 4.38. The minimum absolute atomic E-state index is 0.283. The van der Waals surface area contributed by atoms with E-state index in [2.05, 4.69) is 9.47 Å². The van der Waals surface area contributed by atoms with Crippen LogP contribution in [0, 0.1) is 0 Å². The summed E-state index contributed by atoms with van der Waals surface area (Å²) < 4.78 is 13.8. The topological polar surface area (TPSA) is 86.3 Å². The van der Waals surface area contributed by atoms with Crippen molar-refractivity contribution in [3.8, 4) is 0 Å². The lowest BCUT2D eigenvalue weighted by Gasteiger charge is -1.79. The summed E-state index contributed by atoms with van der Waals surface area (Å²) in [6.07, 6.45) is 0. The Kier molecular flexibility index (Phi) is 0.520. The zero-order chi connectivity index (χ0) is 6.43. The van der Waals surface area contributed by atoms with Gasteiger partial charge in [-0.3, -0.25) is 0 Å². The molecule has 0 saturated heterocycles. The molecule has 5 nitrogen and oxygen atoms in total. The third-order valence-corrected chi connectivity index (χ3v) is 0.910. The molecule has 0 atom stereocenters. The maximum absolute atomic E-state index is 5.10. The highest BCUT2D eigenvalue weighted by Gasteiger charge is 2.34. The average molecular weight is 128 g/mol. The Balaban J connectivity index is 1.94. The van der Waals surface area contributed by atoms with E-state index in [1.807, 2.05) is 0 Å². The molecule has 2 rings (SSSR count). The van der Waals surface area contributed by atoms with E-state index in [0.29, 0.717) is 0 Å². The summed E-state index contributed by atoms with van der Waals surface area (Å²) in [5.74, 6) is 1.13. The van der Waals surface area contributed by atoms with Gasteiger partial charge < -0.3 is 25.7 Å². The maximum Gasteiger partial charge on any atom is 0.357 e. The van der Waals surface area contributed by atoms with Crippen molar-refractivity contribution in [1.29, 1.82) is 0 Å². The fraction of sp³-hybridized carbons (Fsp3) is 0. The summed E-state index contributed by atoms with van der Waals surface area (Å²) in [4.78, 5) is 0. The molecule has 2 aliphatic rings. The summed E-state index contributed by atoms with van der Waals surface area (Å²) in [5, 5.41) is 0. The molecule has 0 bridgehead atoms. The lowest BCUT2D eigenvalue weighted by molar-refractivity contribution is 0.167. The van der Waals surface area contributed by atoms with Crippen molar-refractivity contribution in [2.24, 2.45) is 11.5 Å². The predicted molar refractivity (Wildman–Crippen MR) is 25.7 cm³/mol. The smallest absolute Gasteiger partial charge is 0.357 e. The van der Waals surface area contributed by atoms with Gasteiger partial charge in [0, 0.05) is 0 Å². The highest BCUT2D eigenvalue weighted by molar-refractivity contribution is 5.14. The van der Waals surface area contributed by atoms with Crippen molar-refractivity contribution >= 4 is 0 Å². The molecule has 0 aliphatic carbocycles. The number of hydrogen-bond acceptors (Lipinski definition) is 5. The quantitative estimate of drug-likeness (QED) is 0.510. The third-order valence-electron chi connectivity index (χ3n) is 0.910. The van der Waals surface area contributed by atoms with Crippen LogP contribution in [0.3, 0.4) is 0 Å². The van der Waals surface area contributed by atoms with Crippen LogP contribution in [0.1, 0.15) is 0 Å². The van der Waals surface area contributed by atoms with E-state index in [0.717, 1.165) is 0 Å².